The van der Waals surface area contributed by atoms with Crippen molar-refractivity contribution in [3.05, 3.63) is 65.0 Å². The van der Waals surface area contributed by atoms with Crippen LogP contribution >= 0.6 is 36.2 Å². The highest BCUT2D eigenvalue weighted by atomic mass is 35.5. The minimum absolute atomic E-state index is 0. The van der Waals surface area contributed by atoms with Crippen molar-refractivity contribution in [1.82, 2.24) is 4.98 Å². The molecule has 2 heterocycles. The van der Waals surface area contributed by atoms with E-state index in [1.807, 2.05) is 53.9 Å². The van der Waals surface area contributed by atoms with Gasteiger partial charge in [-0.3, -0.25) is 4.98 Å². The normalized spacial score (nSPS) is 10.5. The van der Waals surface area contributed by atoms with Crippen LogP contribution in [0.2, 0.25) is 0 Å². The molecule has 0 saturated carbocycles. The summed E-state index contributed by atoms with van der Waals surface area (Å²) in [5.41, 5.74) is 8.64. The molecule has 7 heteroatoms. The average molecular weight is 382 g/mol. The van der Waals surface area contributed by atoms with Crippen LogP contribution in [-0.4, -0.2) is 17.9 Å². The van der Waals surface area contributed by atoms with Gasteiger partial charge in [0, 0.05) is 17.8 Å². The number of nitrogens with zero attached hydrogens (tertiary/aromatic N) is 2. The van der Waals surface area contributed by atoms with E-state index in [0.29, 0.717) is 5.84 Å². The second kappa shape index (κ2) is 9.27. The predicted molar refractivity (Wildman–Crippen MR) is 105 cm³/mol. The van der Waals surface area contributed by atoms with Gasteiger partial charge >= 0.3 is 0 Å². The SMILES string of the molecule is COc1ccnc(-c2cccc(N=C(N)c3cccs3)c2)c1.Cl.Cl. The molecule has 1 aromatic carbocycles. The first-order valence-corrected chi connectivity index (χ1v) is 7.63. The zero-order valence-corrected chi connectivity index (χ0v) is 15.3. The summed E-state index contributed by atoms with van der Waals surface area (Å²) < 4.78 is 5.23. The Labute approximate surface area is 157 Å². The first-order chi connectivity index (χ1) is 10.8. The Hall–Kier alpha value is -2.08. The van der Waals surface area contributed by atoms with Crippen LogP contribution in [0.25, 0.3) is 11.3 Å². The van der Waals surface area contributed by atoms with Gasteiger partial charge in [-0.05, 0) is 29.6 Å². The van der Waals surface area contributed by atoms with Crippen LogP contribution in [0.1, 0.15) is 4.88 Å². The van der Waals surface area contributed by atoms with Gasteiger partial charge in [0.25, 0.3) is 0 Å². The first-order valence-electron chi connectivity index (χ1n) is 6.75. The summed E-state index contributed by atoms with van der Waals surface area (Å²) in [4.78, 5) is 9.81. The van der Waals surface area contributed by atoms with E-state index in [1.54, 1.807) is 24.6 Å². The third-order valence-corrected chi connectivity index (χ3v) is 4.02. The van der Waals surface area contributed by atoms with Crippen molar-refractivity contribution in [3.63, 3.8) is 0 Å². The Morgan fingerprint density at radius 1 is 1.12 bits per heavy atom. The topological polar surface area (TPSA) is 60.5 Å². The summed E-state index contributed by atoms with van der Waals surface area (Å²) in [6.07, 6.45) is 1.73. The fraction of sp³-hybridized carbons (Fsp3) is 0.0588. The number of rotatable bonds is 4. The number of amidine groups is 1. The van der Waals surface area contributed by atoms with Crippen molar-refractivity contribution < 1.29 is 4.74 Å². The van der Waals surface area contributed by atoms with Gasteiger partial charge in [0.2, 0.25) is 0 Å². The number of ether oxygens (including phenoxy) is 1. The van der Waals surface area contributed by atoms with E-state index in [2.05, 4.69) is 9.98 Å². The van der Waals surface area contributed by atoms with Crippen LogP contribution in [0, 0.1) is 0 Å². The molecule has 0 saturated heterocycles. The number of thiophene rings is 1. The molecule has 2 N–H and O–H groups in total. The molecule has 0 unspecified atom stereocenters. The quantitative estimate of drug-likeness (QED) is 0.526. The lowest BCUT2D eigenvalue weighted by molar-refractivity contribution is 0.414. The number of benzene rings is 1. The number of methoxy groups -OCH3 is 1. The van der Waals surface area contributed by atoms with E-state index in [4.69, 9.17) is 10.5 Å². The van der Waals surface area contributed by atoms with Crippen molar-refractivity contribution >= 4 is 47.7 Å². The first kappa shape index (κ1) is 20.0. The van der Waals surface area contributed by atoms with E-state index in [-0.39, 0.29) is 24.8 Å². The number of halogens is 2. The van der Waals surface area contributed by atoms with Gasteiger partial charge in [0.1, 0.15) is 11.6 Å². The summed E-state index contributed by atoms with van der Waals surface area (Å²) in [6, 6.07) is 15.4. The van der Waals surface area contributed by atoms with Crippen LogP contribution in [0.3, 0.4) is 0 Å². The molecular weight excluding hydrogens is 365 g/mol. The van der Waals surface area contributed by atoms with Crippen molar-refractivity contribution in [2.24, 2.45) is 10.7 Å². The number of nitrogens with two attached hydrogens (primary N) is 1. The lowest BCUT2D eigenvalue weighted by Crippen LogP contribution is -2.10. The highest BCUT2D eigenvalue weighted by Crippen LogP contribution is 2.25. The van der Waals surface area contributed by atoms with Crippen molar-refractivity contribution in [2.75, 3.05) is 7.11 Å². The smallest absolute Gasteiger partial charge is 0.141 e. The van der Waals surface area contributed by atoms with Crippen LogP contribution in [0.15, 0.2) is 65.1 Å². The summed E-state index contributed by atoms with van der Waals surface area (Å²) in [5.74, 6) is 1.29. The average Bonchev–Trinajstić information content (AvgIpc) is 3.10. The second-order valence-electron chi connectivity index (χ2n) is 4.61. The molecule has 126 valence electrons. The molecule has 3 rings (SSSR count). The van der Waals surface area contributed by atoms with Crippen LogP contribution in [0.5, 0.6) is 5.75 Å². The Balaban J connectivity index is 0.00000144. The van der Waals surface area contributed by atoms with Gasteiger partial charge in [-0.2, -0.15) is 0 Å². The second-order valence-corrected chi connectivity index (χ2v) is 5.55. The maximum atomic E-state index is 6.03. The summed E-state index contributed by atoms with van der Waals surface area (Å²) in [7, 11) is 1.64. The van der Waals surface area contributed by atoms with Crippen molar-refractivity contribution in [3.8, 4) is 17.0 Å². The number of hydrogen-bond acceptors (Lipinski definition) is 4. The van der Waals surface area contributed by atoms with Gasteiger partial charge in [0.05, 0.1) is 23.4 Å². The summed E-state index contributed by atoms with van der Waals surface area (Å²) >= 11 is 1.57. The molecular formula is C17H17Cl2N3OS. The molecule has 0 spiro atoms. The molecule has 4 nitrogen and oxygen atoms in total. The van der Waals surface area contributed by atoms with Crippen molar-refractivity contribution in [1.29, 1.82) is 0 Å². The van der Waals surface area contributed by atoms with Crippen LogP contribution < -0.4 is 10.5 Å². The maximum Gasteiger partial charge on any atom is 0.141 e. The third kappa shape index (κ3) is 4.71. The van der Waals surface area contributed by atoms with E-state index < -0.39 is 0 Å². The minimum atomic E-state index is 0. The standard InChI is InChI=1S/C17H15N3OS.2ClH/c1-21-14-7-8-19-15(11-14)12-4-2-5-13(10-12)20-17(18)16-6-3-9-22-16;;/h2-11H,1H3,(H2,18,20);2*1H. The zero-order valence-electron chi connectivity index (χ0n) is 12.9. The fourth-order valence-corrected chi connectivity index (χ4v) is 2.68. The van der Waals surface area contributed by atoms with Gasteiger partial charge in [-0.25, -0.2) is 4.99 Å². The van der Waals surface area contributed by atoms with Crippen LogP contribution in [-0.2, 0) is 0 Å². The van der Waals surface area contributed by atoms with E-state index >= 15 is 0 Å². The fourth-order valence-electron chi connectivity index (χ4n) is 2.05. The zero-order chi connectivity index (χ0) is 15.4. The summed E-state index contributed by atoms with van der Waals surface area (Å²) in [5, 5.41) is 1.98. The number of aliphatic imine (C=N–C) groups is 1. The highest BCUT2D eigenvalue weighted by Gasteiger charge is 2.04. The number of hydrogen-bond donors (Lipinski definition) is 1. The molecule has 0 aliphatic rings. The summed E-state index contributed by atoms with van der Waals surface area (Å²) in [6.45, 7) is 0. The Morgan fingerprint density at radius 3 is 2.67 bits per heavy atom. The molecule has 0 bridgehead atoms. The van der Waals surface area contributed by atoms with Crippen LogP contribution in [0.4, 0.5) is 5.69 Å². The third-order valence-electron chi connectivity index (χ3n) is 3.13. The molecule has 0 radical (unpaired) electrons. The molecule has 0 atom stereocenters. The van der Waals surface area contributed by atoms with Gasteiger partial charge in [-0.15, -0.1) is 36.2 Å². The predicted octanol–water partition coefficient (Wildman–Crippen LogP) is 4.70. The van der Waals surface area contributed by atoms with Crippen molar-refractivity contribution in [2.45, 2.75) is 0 Å². The lowest BCUT2D eigenvalue weighted by atomic mass is 10.1. The molecule has 0 aliphatic heterocycles. The molecule has 2 aromatic heterocycles. The van der Waals surface area contributed by atoms with E-state index in [9.17, 15) is 0 Å². The highest BCUT2D eigenvalue weighted by molar-refractivity contribution is 7.12. The van der Waals surface area contributed by atoms with Gasteiger partial charge in [-0.1, -0.05) is 18.2 Å². The maximum absolute atomic E-state index is 6.03. The van der Waals surface area contributed by atoms with E-state index in [0.717, 1.165) is 27.6 Å². The van der Waals surface area contributed by atoms with Gasteiger partial charge < -0.3 is 10.5 Å². The minimum Gasteiger partial charge on any atom is -0.497 e. The van der Waals surface area contributed by atoms with Gasteiger partial charge in [0.15, 0.2) is 0 Å². The monoisotopic (exact) mass is 381 g/mol. The number of aromatic nitrogens is 1. The Morgan fingerprint density at radius 2 is 1.96 bits per heavy atom. The lowest BCUT2D eigenvalue weighted by Gasteiger charge is -2.05. The Kier molecular flexibility index (Phi) is 7.71. The van der Waals surface area contributed by atoms with E-state index in [1.165, 1.54) is 0 Å². The number of pyridine rings is 1. The molecule has 24 heavy (non-hydrogen) atoms. The molecule has 0 aliphatic carbocycles. The molecule has 0 amide bonds. The molecule has 3 aromatic rings. The Bertz CT molecular complexity index is 807. The largest absolute Gasteiger partial charge is 0.497 e. The molecule has 0 fully saturated rings.